The molecule has 2 aliphatic carbocycles. The Balaban J connectivity index is 1.27. The van der Waals surface area contributed by atoms with Crippen molar-refractivity contribution in [1.29, 1.82) is 0 Å². The summed E-state index contributed by atoms with van der Waals surface area (Å²) in [5.41, 5.74) is 3.21. The van der Waals surface area contributed by atoms with Gasteiger partial charge in [0.15, 0.2) is 11.6 Å². The topological polar surface area (TPSA) is 59.9 Å². The fraction of sp³-hybridized carbons (Fsp3) is 0.167. The van der Waals surface area contributed by atoms with Gasteiger partial charge in [-0.15, -0.1) is 34.4 Å². The number of aromatic nitrogens is 2. The van der Waals surface area contributed by atoms with Crippen LogP contribution in [0, 0.1) is 11.8 Å². The quantitative estimate of drug-likeness (QED) is 0.364. The first kappa shape index (κ1) is 18.0. The van der Waals surface area contributed by atoms with Gasteiger partial charge >= 0.3 is 0 Å². The molecule has 0 N–H and O–H groups in total. The van der Waals surface area contributed by atoms with Gasteiger partial charge in [-0.2, -0.15) is 0 Å². The first-order valence-corrected chi connectivity index (χ1v) is 12.6. The Morgan fingerprint density at radius 2 is 1.03 bits per heavy atom. The van der Waals surface area contributed by atoms with Crippen molar-refractivity contribution in [2.24, 2.45) is 11.8 Å². The summed E-state index contributed by atoms with van der Waals surface area (Å²) in [4.78, 5) is 38.1. The summed E-state index contributed by atoms with van der Waals surface area (Å²) in [7, 11) is 0. The maximum absolute atomic E-state index is 13.3. The number of fused-ring (bicyclic) bond motifs is 7. The van der Waals surface area contributed by atoms with Crippen molar-refractivity contribution in [1.82, 2.24) is 9.97 Å². The maximum Gasteiger partial charge on any atom is 0.187 e. The summed E-state index contributed by atoms with van der Waals surface area (Å²) in [6.07, 6.45) is 0. The summed E-state index contributed by atoms with van der Waals surface area (Å²) in [6, 6.07) is 19.9. The highest BCUT2D eigenvalue weighted by Gasteiger charge is 2.62. The molecule has 1 fully saturated rings. The van der Waals surface area contributed by atoms with Gasteiger partial charge < -0.3 is 0 Å². The number of hydrogen-bond acceptors (Lipinski definition) is 7. The number of hydrogen-bond donors (Lipinski definition) is 0. The lowest BCUT2D eigenvalue weighted by molar-refractivity contribution is 0.0799. The van der Waals surface area contributed by atoms with Gasteiger partial charge in [-0.1, -0.05) is 60.7 Å². The van der Waals surface area contributed by atoms with Crippen molar-refractivity contribution < 1.29 is 9.59 Å². The van der Waals surface area contributed by atoms with Gasteiger partial charge in [-0.25, -0.2) is 9.97 Å². The standard InChI is InChI=1S/C24H14N2O2S3/c27-17-13-14-18(28)16-22(31-24(26-16)12-9-5-2-6-10-12)20(14)29-19(13)21-15(17)25-23(30-21)11-7-3-1-4-8-11/h1-10,13-14,19-20H. The van der Waals surface area contributed by atoms with Crippen LogP contribution in [0.5, 0.6) is 0 Å². The molecule has 0 bridgehead atoms. The van der Waals surface area contributed by atoms with Crippen molar-refractivity contribution in [3.63, 3.8) is 0 Å². The highest BCUT2D eigenvalue weighted by Crippen LogP contribution is 2.68. The zero-order valence-electron chi connectivity index (χ0n) is 16.0. The average Bonchev–Trinajstić information content (AvgIpc) is 3.58. The molecule has 2 aromatic carbocycles. The van der Waals surface area contributed by atoms with E-state index in [9.17, 15) is 9.59 Å². The Bertz CT molecular complexity index is 1270. The zero-order chi connectivity index (χ0) is 20.7. The number of rotatable bonds is 2. The van der Waals surface area contributed by atoms with E-state index in [4.69, 9.17) is 0 Å². The predicted molar refractivity (Wildman–Crippen MR) is 124 cm³/mol. The normalized spacial score (nSPS) is 25.4. The molecular formula is C24H14N2O2S3. The van der Waals surface area contributed by atoms with E-state index in [0.717, 1.165) is 30.9 Å². The first-order chi connectivity index (χ1) is 15.2. The molecule has 3 heterocycles. The zero-order valence-corrected chi connectivity index (χ0v) is 18.5. The number of benzene rings is 2. The van der Waals surface area contributed by atoms with E-state index in [-0.39, 0.29) is 33.9 Å². The molecule has 31 heavy (non-hydrogen) atoms. The van der Waals surface area contributed by atoms with Gasteiger partial charge in [0, 0.05) is 20.9 Å². The molecule has 1 aliphatic heterocycles. The Morgan fingerprint density at radius 3 is 1.45 bits per heavy atom. The number of carbonyl (C=O) groups is 2. The molecule has 0 amide bonds. The van der Waals surface area contributed by atoms with E-state index in [1.54, 1.807) is 34.4 Å². The second-order valence-electron chi connectivity index (χ2n) is 7.95. The fourth-order valence-electron chi connectivity index (χ4n) is 4.88. The smallest absolute Gasteiger partial charge is 0.187 e. The third kappa shape index (κ3) is 2.42. The molecule has 4 unspecified atom stereocenters. The largest absolute Gasteiger partial charge is 0.292 e. The molecule has 150 valence electrons. The lowest BCUT2D eigenvalue weighted by atomic mass is 9.87. The van der Waals surface area contributed by atoms with Crippen LogP contribution < -0.4 is 0 Å². The monoisotopic (exact) mass is 458 g/mol. The summed E-state index contributed by atoms with van der Waals surface area (Å²) in [5.74, 6) is -0.541. The van der Waals surface area contributed by atoms with Crippen LogP contribution in [-0.2, 0) is 0 Å². The van der Waals surface area contributed by atoms with Crippen molar-refractivity contribution in [3.05, 3.63) is 81.8 Å². The second kappa shape index (κ2) is 6.45. The molecule has 4 nitrogen and oxygen atoms in total. The number of thioether (sulfide) groups is 1. The summed E-state index contributed by atoms with van der Waals surface area (Å²) >= 11 is 4.97. The van der Waals surface area contributed by atoms with Crippen LogP contribution in [0.1, 0.15) is 41.2 Å². The second-order valence-corrected chi connectivity index (χ2v) is 11.3. The SMILES string of the molecule is O=C1c2nc(-c3ccccc3)sc2C2SC3c4sc(-c5ccccc5)nc4C(=O)C3C12. The van der Waals surface area contributed by atoms with Crippen LogP contribution in [0.3, 0.4) is 0 Å². The molecule has 4 aromatic rings. The van der Waals surface area contributed by atoms with Gasteiger partial charge in [-0.05, 0) is 0 Å². The van der Waals surface area contributed by atoms with Crippen molar-refractivity contribution in [2.75, 3.05) is 0 Å². The highest BCUT2D eigenvalue weighted by atomic mass is 32.2. The molecular weight excluding hydrogens is 444 g/mol. The minimum Gasteiger partial charge on any atom is -0.292 e. The third-order valence-electron chi connectivity index (χ3n) is 6.27. The van der Waals surface area contributed by atoms with E-state index < -0.39 is 0 Å². The lowest BCUT2D eigenvalue weighted by Crippen LogP contribution is -2.24. The maximum atomic E-state index is 13.3. The lowest BCUT2D eigenvalue weighted by Gasteiger charge is -2.13. The van der Waals surface area contributed by atoms with Crippen LogP contribution in [0.2, 0.25) is 0 Å². The Labute approximate surface area is 190 Å². The third-order valence-corrected chi connectivity index (χ3v) is 10.6. The average molecular weight is 459 g/mol. The van der Waals surface area contributed by atoms with Gasteiger partial charge in [0.05, 0.1) is 22.3 Å². The van der Waals surface area contributed by atoms with Gasteiger partial charge in [0.25, 0.3) is 0 Å². The molecule has 0 radical (unpaired) electrons. The molecule has 7 heteroatoms. The molecule has 0 spiro atoms. The minimum absolute atomic E-state index is 0.0202. The number of ketones is 2. The molecule has 1 saturated heterocycles. The number of carbonyl (C=O) groups excluding carboxylic acids is 2. The Morgan fingerprint density at radius 1 is 0.613 bits per heavy atom. The van der Waals surface area contributed by atoms with Gasteiger partial charge in [0.2, 0.25) is 0 Å². The van der Waals surface area contributed by atoms with Crippen molar-refractivity contribution >= 4 is 46.0 Å². The number of nitrogens with zero attached hydrogens (tertiary/aromatic N) is 2. The Kier molecular flexibility index (Phi) is 3.75. The van der Waals surface area contributed by atoms with Crippen molar-refractivity contribution in [3.8, 4) is 21.1 Å². The Hall–Kier alpha value is -2.61. The van der Waals surface area contributed by atoms with Crippen LogP contribution in [0.15, 0.2) is 60.7 Å². The van der Waals surface area contributed by atoms with Crippen LogP contribution in [0.4, 0.5) is 0 Å². The number of Topliss-reactive ketones (excluding diaryl/α,β-unsaturated/α-hetero) is 2. The van der Waals surface area contributed by atoms with Gasteiger partial charge in [0.1, 0.15) is 21.4 Å². The minimum atomic E-state index is -0.303. The molecule has 0 saturated carbocycles. The van der Waals surface area contributed by atoms with Gasteiger partial charge in [-0.3, -0.25) is 9.59 Å². The summed E-state index contributed by atoms with van der Waals surface area (Å²) in [6.45, 7) is 0. The van der Waals surface area contributed by atoms with E-state index in [1.165, 1.54) is 0 Å². The molecule has 3 aliphatic rings. The summed E-state index contributed by atoms with van der Waals surface area (Å²) in [5, 5.41) is 1.80. The van der Waals surface area contributed by atoms with E-state index in [1.807, 2.05) is 60.7 Å². The number of thiazole rings is 2. The fourth-order valence-corrected chi connectivity index (χ4v) is 9.42. The van der Waals surface area contributed by atoms with Crippen LogP contribution >= 0.6 is 34.4 Å². The van der Waals surface area contributed by atoms with E-state index >= 15 is 0 Å². The van der Waals surface area contributed by atoms with Crippen molar-refractivity contribution in [2.45, 2.75) is 10.5 Å². The van der Waals surface area contributed by atoms with E-state index in [0.29, 0.717) is 11.4 Å². The van der Waals surface area contributed by atoms with E-state index in [2.05, 4.69) is 9.97 Å². The predicted octanol–water partition coefficient (Wildman–Crippen LogP) is 6.09. The van der Waals surface area contributed by atoms with Crippen LogP contribution in [0.25, 0.3) is 21.1 Å². The highest BCUT2D eigenvalue weighted by molar-refractivity contribution is 8.00. The van der Waals surface area contributed by atoms with Crippen LogP contribution in [-0.4, -0.2) is 21.5 Å². The molecule has 2 aromatic heterocycles. The first-order valence-electron chi connectivity index (χ1n) is 10.1. The molecule has 7 rings (SSSR count). The molecule has 4 atom stereocenters. The summed E-state index contributed by atoms with van der Waals surface area (Å²) < 4.78 is 0.